The summed E-state index contributed by atoms with van der Waals surface area (Å²) >= 11 is 6.67. The summed E-state index contributed by atoms with van der Waals surface area (Å²) in [6.45, 7) is 7.87. The topological polar surface area (TPSA) is 115 Å². The molecule has 12 heteroatoms. The molecule has 6 heterocycles. The van der Waals surface area contributed by atoms with Gasteiger partial charge < -0.3 is 19.1 Å². The van der Waals surface area contributed by atoms with Crippen LogP contribution in [0.4, 0.5) is 22.1 Å². The van der Waals surface area contributed by atoms with Crippen molar-refractivity contribution in [1.82, 2.24) is 19.9 Å². The number of ether oxygens (including phenoxy) is 3. The smallest absolute Gasteiger partial charge is 0.329 e. The van der Waals surface area contributed by atoms with Gasteiger partial charge in [-0.1, -0.05) is 11.6 Å². The zero-order valence-electron chi connectivity index (χ0n) is 21.3. The SMILES string of the molecule is Cc1cc(-c2nc3c(cc2Cl)N2CCC(C2)N3C(=O)Nc2cc(OCC3COC(C)(C)O3)ncn2)ccn1. The zero-order valence-corrected chi connectivity index (χ0v) is 22.1. The number of fused-ring (bicyclic) bond motifs is 4. The molecule has 0 aromatic carbocycles. The number of nitrogens with one attached hydrogen (secondary N) is 1. The normalized spacial score (nSPS) is 21.4. The predicted octanol–water partition coefficient (Wildman–Crippen LogP) is 4.06. The molecule has 2 bridgehead atoms. The van der Waals surface area contributed by atoms with Crippen LogP contribution in [0.5, 0.6) is 5.88 Å². The second kappa shape index (κ2) is 9.64. The summed E-state index contributed by atoms with van der Waals surface area (Å²) in [5.74, 6) is 0.588. The number of rotatable bonds is 5. The molecule has 0 radical (unpaired) electrons. The summed E-state index contributed by atoms with van der Waals surface area (Å²) in [5.41, 5.74) is 3.14. The second-order valence-corrected chi connectivity index (χ2v) is 10.4. The Hall–Kier alpha value is -3.54. The Morgan fingerprint density at radius 2 is 2.13 bits per heavy atom. The number of nitrogens with zero attached hydrogens (tertiary/aromatic N) is 6. The second-order valence-electron chi connectivity index (χ2n) is 10.0. The summed E-state index contributed by atoms with van der Waals surface area (Å²) in [6, 6.07) is 6.91. The van der Waals surface area contributed by atoms with Crippen molar-refractivity contribution in [3.8, 4) is 17.1 Å². The van der Waals surface area contributed by atoms with Gasteiger partial charge in [0.25, 0.3) is 0 Å². The third kappa shape index (κ3) is 4.84. The van der Waals surface area contributed by atoms with Crippen LogP contribution >= 0.6 is 11.6 Å². The Morgan fingerprint density at radius 3 is 2.92 bits per heavy atom. The number of hydrogen-bond acceptors (Lipinski definition) is 9. The van der Waals surface area contributed by atoms with Gasteiger partial charge in [0.2, 0.25) is 5.88 Å². The predicted molar refractivity (Wildman–Crippen MR) is 142 cm³/mol. The molecule has 3 aliphatic rings. The lowest BCUT2D eigenvalue weighted by Gasteiger charge is -2.36. The van der Waals surface area contributed by atoms with Crippen LogP contribution in [0, 0.1) is 6.92 Å². The summed E-state index contributed by atoms with van der Waals surface area (Å²) in [5, 5.41) is 3.42. The maximum Gasteiger partial charge on any atom is 0.329 e. The average molecular weight is 538 g/mol. The van der Waals surface area contributed by atoms with Crippen LogP contribution in [0.1, 0.15) is 26.0 Å². The lowest BCUT2D eigenvalue weighted by atomic mass is 10.1. The minimum atomic E-state index is -0.631. The fraction of sp³-hybridized carbons (Fsp3) is 0.423. The Labute approximate surface area is 225 Å². The van der Waals surface area contributed by atoms with E-state index in [1.807, 2.05) is 39.0 Å². The first-order valence-corrected chi connectivity index (χ1v) is 12.9. The number of carbonyl (C=O) groups excluding carboxylic acids is 1. The number of hydrogen-bond donors (Lipinski definition) is 1. The highest BCUT2D eigenvalue weighted by Gasteiger charge is 2.41. The van der Waals surface area contributed by atoms with Crippen molar-refractivity contribution < 1.29 is 19.0 Å². The minimum absolute atomic E-state index is 0.0244. The van der Waals surface area contributed by atoms with E-state index in [2.05, 4.69) is 25.2 Å². The highest BCUT2D eigenvalue weighted by Crippen LogP contribution is 2.43. The summed E-state index contributed by atoms with van der Waals surface area (Å²) in [6.07, 6.45) is 3.69. The average Bonchev–Trinajstić information content (AvgIpc) is 3.46. The maximum absolute atomic E-state index is 13.6. The number of halogens is 1. The molecule has 3 aromatic heterocycles. The molecule has 0 saturated carbocycles. The molecular weight excluding hydrogens is 510 g/mol. The van der Waals surface area contributed by atoms with Gasteiger partial charge in [0.1, 0.15) is 24.9 Å². The standard InChI is InChI=1S/C26H28ClN7O4/c1-15-8-16(4-6-28-15)23-19(27)9-20-24(32-23)34(17-5-7-33(20)11-17)25(35)31-21-10-22(30-14-29-21)36-12-18-13-37-26(2,3)38-18/h4,6,8-10,14,17-18H,5,7,11-13H2,1-3H3,(H,29,30,31,35). The molecule has 198 valence electrons. The van der Waals surface area contributed by atoms with E-state index in [1.165, 1.54) is 6.33 Å². The molecule has 6 rings (SSSR count). The third-order valence-electron chi connectivity index (χ3n) is 6.78. The lowest BCUT2D eigenvalue weighted by Crippen LogP contribution is -2.48. The van der Waals surface area contributed by atoms with E-state index >= 15 is 0 Å². The number of amides is 2. The highest BCUT2D eigenvalue weighted by atomic mass is 35.5. The van der Waals surface area contributed by atoms with Crippen LogP contribution in [0.3, 0.4) is 0 Å². The Bertz CT molecular complexity index is 1390. The van der Waals surface area contributed by atoms with E-state index in [4.69, 9.17) is 30.8 Å². The molecule has 2 unspecified atom stereocenters. The van der Waals surface area contributed by atoms with E-state index in [-0.39, 0.29) is 24.8 Å². The van der Waals surface area contributed by atoms with Crippen molar-refractivity contribution in [3.63, 3.8) is 0 Å². The Kier molecular flexibility index (Phi) is 6.29. The molecule has 2 fully saturated rings. The van der Waals surface area contributed by atoms with E-state index in [9.17, 15) is 4.79 Å². The van der Waals surface area contributed by atoms with Crippen molar-refractivity contribution >= 4 is 35.0 Å². The number of carbonyl (C=O) groups is 1. The molecule has 3 aliphatic heterocycles. The first kappa shape index (κ1) is 24.8. The van der Waals surface area contributed by atoms with Crippen LogP contribution in [0.2, 0.25) is 5.02 Å². The number of pyridine rings is 2. The molecule has 0 aliphatic carbocycles. The Balaban J connectivity index is 1.23. The van der Waals surface area contributed by atoms with E-state index in [0.29, 0.717) is 41.4 Å². The molecule has 3 aromatic rings. The van der Waals surface area contributed by atoms with Crippen LogP contribution < -0.4 is 19.9 Å². The summed E-state index contributed by atoms with van der Waals surface area (Å²) in [7, 11) is 0. The van der Waals surface area contributed by atoms with Crippen LogP contribution in [0.15, 0.2) is 36.8 Å². The van der Waals surface area contributed by atoms with Crippen molar-refractivity contribution in [2.75, 3.05) is 41.4 Å². The fourth-order valence-electron chi connectivity index (χ4n) is 5.06. The first-order valence-electron chi connectivity index (χ1n) is 12.5. The monoisotopic (exact) mass is 537 g/mol. The van der Waals surface area contributed by atoms with Gasteiger partial charge in [-0.2, -0.15) is 0 Å². The van der Waals surface area contributed by atoms with Gasteiger partial charge in [0.05, 0.1) is 29.1 Å². The molecule has 38 heavy (non-hydrogen) atoms. The molecule has 2 saturated heterocycles. The number of aromatic nitrogens is 4. The highest BCUT2D eigenvalue weighted by molar-refractivity contribution is 6.33. The molecule has 0 spiro atoms. The number of anilines is 3. The van der Waals surface area contributed by atoms with Crippen molar-refractivity contribution in [1.29, 1.82) is 0 Å². The van der Waals surface area contributed by atoms with Crippen molar-refractivity contribution in [2.24, 2.45) is 0 Å². The maximum atomic E-state index is 13.6. The largest absolute Gasteiger partial charge is 0.475 e. The lowest BCUT2D eigenvalue weighted by molar-refractivity contribution is -0.141. The van der Waals surface area contributed by atoms with E-state index in [0.717, 1.165) is 29.9 Å². The van der Waals surface area contributed by atoms with Gasteiger partial charge in [-0.15, -0.1) is 0 Å². The zero-order chi connectivity index (χ0) is 26.4. The van der Waals surface area contributed by atoms with E-state index < -0.39 is 5.79 Å². The Morgan fingerprint density at radius 1 is 1.26 bits per heavy atom. The molecular formula is C26H28ClN7O4. The van der Waals surface area contributed by atoms with Crippen molar-refractivity contribution in [3.05, 3.63) is 47.5 Å². The fourth-order valence-corrected chi connectivity index (χ4v) is 5.32. The number of urea groups is 1. The molecule has 11 nitrogen and oxygen atoms in total. The molecule has 2 amide bonds. The summed E-state index contributed by atoms with van der Waals surface area (Å²) < 4.78 is 17.1. The van der Waals surface area contributed by atoms with Gasteiger partial charge in [-0.25, -0.2) is 19.7 Å². The molecule has 1 N–H and O–H groups in total. The number of aryl methyl sites for hydroxylation is 1. The van der Waals surface area contributed by atoms with Crippen LogP contribution in [-0.2, 0) is 9.47 Å². The minimum Gasteiger partial charge on any atom is -0.475 e. The van der Waals surface area contributed by atoms with Crippen LogP contribution in [0.25, 0.3) is 11.3 Å². The van der Waals surface area contributed by atoms with E-state index in [1.54, 1.807) is 17.2 Å². The van der Waals surface area contributed by atoms with Gasteiger partial charge in [-0.3, -0.25) is 15.2 Å². The van der Waals surface area contributed by atoms with Crippen molar-refractivity contribution in [2.45, 2.75) is 45.1 Å². The van der Waals surface area contributed by atoms with Gasteiger partial charge in [0, 0.05) is 36.6 Å². The van der Waals surface area contributed by atoms with Gasteiger partial charge >= 0.3 is 6.03 Å². The third-order valence-corrected chi connectivity index (χ3v) is 7.07. The first-order chi connectivity index (χ1) is 18.3. The van der Waals surface area contributed by atoms with Gasteiger partial charge in [-0.05, 0) is 45.4 Å². The summed E-state index contributed by atoms with van der Waals surface area (Å²) in [4.78, 5) is 35.1. The quantitative estimate of drug-likeness (QED) is 0.514. The van der Waals surface area contributed by atoms with Crippen LogP contribution in [-0.4, -0.2) is 70.2 Å². The molecule has 2 atom stereocenters. The van der Waals surface area contributed by atoms with Gasteiger partial charge in [0.15, 0.2) is 11.6 Å².